The molecule has 146 valence electrons. The van der Waals surface area contributed by atoms with E-state index in [1.807, 2.05) is 42.5 Å². The van der Waals surface area contributed by atoms with Gasteiger partial charge in [0, 0.05) is 18.5 Å². The highest BCUT2D eigenvalue weighted by Crippen LogP contribution is 2.22. The molecule has 1 amide bonds. The molecular formula is C19H22N6O3. The molecule has 0 radical (unpaired) electrons. The molecular weight excluding hydrogens is 360 g/mol. The van der Waals surface area contributed by atoms with Crippen molar-refractivity contribution in [3.63, 3.8) is 0 Å². The number of hydrogen-bond donors (Lipinski definition) is 1. The van der Waals surface area contributed by atoms with Crippen molar-refractivity contribution in [2.45, 2.75) is 13.1 Å². The smallest absolute Gasteiger partial charge is 0.411 e. The maximum atomic E-state index is 12.2. The van der Waals surface area contributed by atoms with Crippen molar-refractivity contribution in [3.8, 4) is 0 Å². The van der Waals surface area contributed by atoms with Crippen LogP contribution in [0.4, 0.5) is 10.5 Å². The third-order valence-corrected chi connectivity index (χ3v) is 4.64. The fourth-order valence-electron chi connectivity index (χ4n) is 3.17. The minimum absolute atomic E-state index is 0.178. The van der Waals surface area contributed by atoms with E-state index in [1.54, 1.807) is 4.68 Å². The number of benzene rings is 2. The first kappa shape index (κ1) is 18.3. The van der Waals surface area contributed by atoms with Gasteiger partial charge in [0.25, 0.3) is 0 Å². The first-order chi connectivity index (χ1) is 13.8. The highest BCUT2D eigenvalue weighted by atomic mass is 16.5. The average Bonchev–Trinajstić information content (AvgIpc) is 3.16. The topological polar surface area (TPSA) is 94.4 Å². The van der Waals surface area contributed by atoms with Crippen molar-refractivity contribution < 1.29 is 14.3 Å². The number of aromatic nitrogens is 4. The van der Waals surface area contributed by atoms with Crippen molar-refractivity contribution in [2.24, 2.45) is 0 Å². The molecule has 2 heterocycles. The highest BCUT2D eigenvalue weighted by Gasteiger charge is 2.15. The summed E-state index contributed by atoms with van der Waals surface area (Å²) in [6.45, 7) is 4.39. The quantitative estimate of drug-likeness (QED) is 0.696. The highest BCUT2D eigenvalue weighted by molar-refractivity contribution is 6.00. The molecule has 9 nitrogen and oxygen atoms in total. The van der Waals surface area contributed by atoms with E-state index in [1.165, 1.54) is 0 Å². The zero-order valence-electron chi connectivity index (χ0n) is 15.5. The monoisotopic (exact) mass is 382 g/mol. The molecule has 0 saturated carbocycles. The summed E-state index contributed by atoms with van der Waals surface area (Å²) in [7, 11) is 0. The molecule has 0 atom stereocenters. The van der Waals surface area contributed by atoms with Crippen LogP contribution in [0.3, 0.4) is 0 Å². The summed E-state index contributed by atoms with van der Waals surface area (Å²) < 4.78 is 12.3. The third kappa shape index (κ3) is 4.44. The number of ether oxygens (including phenoxy) is 2. The molecule has 1 fully saturated rings. The second-order valence-electron chi connectivity index (χ2n) is 6.49. The van der Waals surface area contributed by atoms with Crippen molar-refractivity contribution in [1.82, 2.24) is 25.1 Å². The summed E-state index contributed by atoms with van der Waals surface area (Å²) in [5.74, 6) is 0.750. The molecule has 28 heavy (non-hydrogen) atoms. The summed E-state index contributed by atoms with van der Waals surface area (Å²) >= 11 is 0. The van der Waals surface area contributed by atoms with Gasteiger partial charge < -0.3 is 9.47 Å². The minimum Gasteiger partial charge on any atom is -0.447 e. The Morgan fingerprint density at radius 3 is 2.86 bits per heavy atom. The summed E-state index contributed by atoms with van der Waals surface area (Å²) in [6.07, 6.45) is -0.501. The number of nitrogens with one attached hydrogen (secondary N) is 1. The lowest BCUT2D eigenvalue weighted by atomic mass is 10.1. The number of fused-ring (bicyclic) bond motifs is 1. The van der Waals surface area contributed by atoms with Crippen molar-refractivity contribution >= 4 is 22.6 Å². The number of tetrazole rings is 1. The SMILES string of the molecule is O=C(Nc1cccc2ccccc12)OCCn1nnnc1CN1CCOCC1. The number of rotatable bonds is 6. The molecule has 1 aromatic heterocycles. The Labute approximate surface area is 162 Å². The van der Waals surface area contributed by atoms with E-state index in [9.17, 15) is 4.79 Å². The normalized spacial score (nSPS) is 14.9. The van der Waals surface area contributed by atoms with Crippen LogP contribution in [0.1, 0.15) is 5.82 Å². The summed E-state index contributed by atoms with van der Waals surface area (Å²) in [5.41, 5.74) is 0.721. The van der Waals surface area contributed by atoms with Gasteiger partial charge in [0.2, 0.25) is 0 Å². The van der Waals surface area contributed by atoms with Gasteiger partial charge in [-0.15, -0.1) is 5.10 Å². The second-order valence-corrected chi connectivity index (χ2v) is 6.49. The van der Waals surface area contributed by atoms with Gasteiger partial charge in [-0.3, -0.25) is 10.2 Å². The Hall–Kier alpha value is -3.04. The van der Waals surface area contributed by atoms with Crippen molar-refractivity contribution in [1.29, 1.82) is 0 Å². The van der Waals surface area contributed by atoms with E-state index in [4.69, 9.17) is 9.47 Å². The molecule has 1 N–H and O–H groups in total. The van der Waals surface area contributed by atoms with E-state index in [-0.39, 0.29) is 6.61 Å². The van der Waals surface area contributed by atoms with Gasteiger partial charge in [-0.1, -0.05) is 36.4 Å². The Balaban J connectivity index is 1.29. The molecule has 9 heteroatoms. The van der Waals surface area contributed by atoms with Crippen LogP contribution in [0.2, 0.25) is 0 Å². The van der Waals surface area contributed by atoms with Crippen LogP contribution in [0.25, 0.3) is 10.8 Å². The fourth-order valence-corrected chi connectivity index (χ4v) is 3.17. The number of carbonyl (C=O) groups is 1. The van der Waals surface area contributed by atoms with Crippen LogP contribution in [0.15, 0.2) is 42.5 Å². The minimum atomic E-state index is -0.501. The zero-order chi connectivity index (χ0) is 19.2. The summed E-state index contributed by atoms with van der Waals surface area (Å²) in [6, 6.07) is 13.6. The van der Waals surface area contributed by atoms with E-state index >= 15 is 0 Å². The molecule has 1 aliphatic rings. The average molecular weight is 382 g/mol. The largest absolute Gasteiger partial charge is 0.447 e. The van der Waals surface area contributed by atoms with E-state index in [0.29, 0.717) is 13.1 Å². The Morgan fingerprint density at radius 2 is 1.96 bits per heavy atom. The van der Waals surface area contributed by atoms with Crippen LogP contribution in [0.5, 0.6) is 0 Å². The zero-order valence-corrected chi connectivity index (χ0v) is 15.5. The number of anilines is 1. The van der Waals surface area contributed by atoms with E-state index in [2.05, 4.69) is 25.7 Å². The first-order valence-electron chi connectivity index (χ1n) is 9.26. The molecule has 0 bridgehead atoms. The molecule has 0 spiro atoms. The van der Waals surface area contributed by atoms with Gasteiger partial charge in [0.05, 0.1) is 32.0 Å². The molecule has 2 aromatic carbocycles. The van der Waals surface area contributed by atoms with E-state index < -0.39 is 6.09 Å². The number of nitrogens with zero attached hydrogens (tertiary/aromatic N) is 5. The third-order valence-electron chi connectivity index (χ3n) is 4.64. The van der Waals surface area contributed by atoms with Gasteiger partial charge in [-0.25, -0.2) is 9.48 Å². The predicted molar refractivity (Wildman–Crippen MR) is 103 cm³/mol. The summed E-state index contributed by atoms with van der Waals surface area (Å²) in [4.78, 5) is 14.4. The van der Waals surface area contributed by atoms with E-state index in [0.717, 1.165) is 48.6 Å². The standard InChI is InChI=1S/C19H22N6O3/c26-19(20-17-7-3-5-15-4-1-2-6-16(15)17)28-13-10-25-18(21-22-23-25)14-24-8-11-27-12-9-24/h1-7H,8-14H2,(H,20,26). The van der Waals surface area contributed by atoms with Crippen molar-refractivity contribution in [3.05, 3.63) is 48.3 Å². The van der Waals surface area contributed by atoms with Crippen LogP contribution in [-0.2, 0) is 22.6 Å². The molecule has 0 aliphatic carbocycles. The van der Waals surface area contributed by atoms with Gasteiger partial charge in [-0.2, -0.15) is 0 Å². The number of hydrogen-bond acceptors (Lipinski definition) is 7. The Kier molecular flexibility index (Phi) is 5.74. The Morgan fingerprint density at radius 1 is 1.14 bits per heavy atom. The van der Waals surface area contributed by atoms with Gasteiger partial charge >= 0.3 is 6.09 Å². The first-order valence-corrected chi connectivity index (χ1v) is 9.26. The van der Waals surface area contributed by atoms with Gasteiger partial charge in [0.15, 0.2) is 5.82 Å². The lowest BCUT2D eigenvalue weighted by molar-refractivity contribution is 0.0322. The number of carbonyl (C=O) groups excluding carboxylic acids is 1. The molecule has 4 rings (SSSR count). The van der Waals surface area contributed by atoms with Gasteiger partial charge in [-0.05, 0) is 21.9 Å². The van der Waals surface area contributed by atoms with Crippen LogP contribution in [0, 0.1) is 0 Å². The van der Waals surface area contributed by atoms with Gasteiger partial charge in [0.1, 0.15) is 6.61 Å². The second kappa shape index (κ2) is 8.77. The lowest BCUT2D eigenvalue weighted by Crippen LogP contribution is -2.36. The lowest BCUT2D eigenvalue weighted by Gasteiger charge is -2.25. The molecule has 0 unspecified atom stereocenters. The maximum Gasteiger partial charge on any atom is 0.411 e. The molecule has 1 saturated heterocycles. The Bertz CT molecular complexity index is 933. The maximum absolute atomic E-state index is 12.2. The number of amides is 1. The number of morpholine rings is 1. The molecule has 1 aliphatic heterocycles. The summed E-state index contributed by atoms with van der Waals surface area (Å²) in [5, 5.41) is 16.6. The predicted octanol–water partition coefficient (Wildman–Crippen LogP) is 1.91. The van der Waals surface area contributed by atoms with Crippen molar-refractivity contribution in [2.75, 3.05) is 38.2 Å². The van der Waals surface area contributed by atoms with Crippen LogP contribution in [-0.4, -0.2) is 64.1 Å². The van der Waals surface area contributed by atoms with Crippen LogP contribution >= 0.6 is 0 Å². The van der Waals surface area contributed by atoms with Crippen LogP contribution < -0.4 is 5.32 Å². The fraction of sp³-hybridized carbons (Fsp3) is 0.368. The molecule has 3 aromatic rings.